The van der Waals surface area contributed by atoms with Crippen molar-refractivity contribution in [1.29, 1.82) is 0 Å². The third-order valence-corrected chi connectivity index (χ3v) is 4.59. The molecule has 1 fully saturated rings. The first-order valence-corrected chi connectivity index (χ1v) is 8.01. The number of carbonyl (C=O) groups is 1. The van der Waals surface area contributed by atoms with E-state index >= 15 is 0 Å². The molecule has 126 valence electrons. The molecule has 0 saturated carbocycles. The van der Waals surface area contributed by atoms with E-state index < -0.39 is 4.92 Å². The van der Waals surface area contributed by atoms with E-state index in [0.29, 0.717) is 11.3 Å². The Hall–Kier alpha value is -2.11. The number of nitro groups is 1. The summed E-state index contributed by atoms with van der Waals surface area (Å²) in [6.45, 7) is 7.49. The minimum absolute atomic E-state index is 0.0118. The quantitative estimate of drug-likeness (QED) is 0.630. The molecule has 1 aliphatic rings. The van der Waals surface area contributed by atoms with Crippen molar-refractivity contribution in [3.63, 3.8) is 0 Å². The Balaban J connectivity index is 2.13. The number of amides is 1. The molecule has 1 aromatic rings. The van der Waals surface area contributed by atoms with Crippen LogP contribution in [0, 0.1) is 24.0 Å². The highest BCUT2D eigenvalue weighted by Crippen LogP contribution is 2.31. The van der Waals surface area contributed by atoms with E-state index in [1.807, 2.05) is 11.8 Å². The lowest BCUT2D eigenvalue weighted by molar-refractivity contribution is -0.385. The zero-order valence-electron chi connectivity index (χ0n) is 14.2. The number of likely N-dealkylation sites (tertiary alicyclic amines) is 1. The van der Waals surface area contributed by atoms with Crippen LogP contribution >= 0.6 is 0 Å². The maximum Gasteiger partial charge on any atom is 0.276 e. The molecule has 1 saturated heterocycles. The van der Waals surface area contributed by atoms with Crippen LogP contribution < -0.4 is 4.74 Å². The van der Waals surface area contributed by atoms with E-state index in [4.69, 9.17) is 4.74 Å². The van der Waals surface area contributed by atoms with E-state index in [1.165, 1.54) is 6.07 Å². The Bertz CT molecular complexity index is 605. The summed E-state index contributed by atoms with van der Waals surface area (Å²) in [5, 5.41) is 11.0. The molecule has 1 aromatic carbocycles. The molecule has 1 aliphatic heterocycles. The summed E-state index contributed by atoms with van der Waals surface area (Å²) in [4.78, 5) is 25.0. The molecule has 0 radical (unpaired) electrons. The third kappa shape index (κ3) is 3.63. The molecular weight excluding hydrogens is 296 g/mol. The first kappa shape index (κ1) is 17.2. The van der Waals surface area contributed by atoms with Crippen LogP contribution in [0.2, 0.25) is 0 Å². The number of carbonyl (C=O) groups excluding carboxylic acids is 1. The van der Waals surface area contributed by atoms with Crippen molar-refractivity contribution >= 4 is 11.6 Å². The number of hydrogen-bond donors (Lipinski definition) is 0. The summed E-state index contributed by atoms with van der Waals surface area (Å²) >= 11 is 0. The number of rotatable bonds is 4. The summed E-state index contributed by atoms with van der Waals surface area (Å²) in [5.74, 6) is 0.375. The van der Waals surface area contributed by atoms with Crippen molar-refractivity contribution in [3.8, 4) is 5.75 Å². The number of hydrogen-bond acceptors (Lipinski definition) is 4. The van der Waals surface area contributed by atoms with Crippen molar-refractivity contribution in [3.05, 3.63) is 33.4 Å². The molecule has 1 amide bonds. The molecule has 0 N–H and O–H groups in total. The molecule has 2 rings (SSSR count). The molecule has 0 aromatic heterocycles. The third-order valence-electron chi connectivity index (χ3n) is 4.59. The maximum atomic E-state index is 12.5. The average Bonchev–Trinajstić information content (AvgIpc) is 2.46. The average molecular weight is 320 g/mol. The molecule has 6 heteroatoms. The summed E-state index contributed by atoms with van der Waals surface area (Å²) in [6, 6.07) is 3.54. The van der Waals surface area contributed by atoms with Crippen molar-refractivity contribution in [2.24, 2.45) is 0 Å². The lowest BCUT2D eigenvalue weighted by atomic mass is 9.97. The van der Waals surface area contributed by atoms with Crippen LogP contribution in [0.5, 0.6) is 5.75 Å². The normalized spacial score (nSPS) is 21.1. The van der Waals surface area contributed by atoms with Gasteiger partial charge in [-0.05, 0) is 58.6 Å². The summed E-state index contributed by atoms with van der Waals surface area (Å²) in [6.07, 6.45) is 3.14. The molecule has 2 atom stereocenters. The zero-order chi connectivity index (χ0) is 17.1. The first-order chi connectivity index (χ1) is 10.8. The molecule has 0 aliphatic carbocycles. The van der Waals surface area contributed by atoms with Gasteiger partial charge >= 0.3 is 0 Å². The second kappa shape index (κ2) is 6.98. The zero-order valence-corrected chi connectivity index (χ0v) is 14.2. The van der Waals surface area contributed by atoms with Crippen LogP contribution in [-0.4, -0.2) is 34.4 Å². The van der Waals surface area contributed by atoms with Gasteiger partial charge in [0.2, 0.25) is 0 Å². The van der Waals surface area contributed by atoms with Crippen molar-refractivity contribution in [2.45, 2.75) is 59.0 Å². The van der Waals surface area contributed by atoms with Crippen molar-refractivity contribution in [2.75, 3.05) is 6.61 Å². The molecule has 0 spiro atoms. The number of piperidine rings is 1. The number of benzene rings is 1. The minimum Gasteiger partial charge on any atom is -0.483 e. The van der Waals surface area contributed by atoms with Gasteiger partial charge in [0.05, 0.1) is 10.5 Å². The van der Waals surface area contributed by atoms with Gasteiger partial charge in [0, 0.05) is 18.2 Å². The Kier molecular flexibility index (Phi) is 5.23. The van der Waals surface area contributed by atoms with Gasteiger partial charge in [0.15, 0.2) is 6.61 Å². The topological polar surface area (TPSA) is 72.7 Å². The fourth-order valence-electron chi connectivity index (χ4n) is 3.36. The van der Waals surface area contributed by atoms with E-state index in [1.54, 1.807) is 13.0 Å². The Morgan fingerprint density at radius 2 is 1.91 bits per heavy atom. The Labute approximate surface area is 136 Å². The lowest BCUT2D eigenvalue weighted by Crippen LogP contribution is -2.49. The van der Waals surface area contributed by atoms with Crippen LogP contribution in [0.25, 0.3) is 0 Å². The van der Waals surface area contributed by atoms with E-state index in [9.17, 15) is 14.9 Å². The molecular formula is C17H24N2O4. The molecule has 6 nitrogen and oxygen atoms in total. The first-order valence-electron chi connectivity index (χ1n) is 8.01. The standard InChI is InChI=1S/C17H24N2O4/c1-11-8-9-15(19(21)22)14(4)17(11)23-10-16(20)18-12(2)6-5-7-13(18)3/h8-9,12-13H,5-7,10H2,1-4H3/t12-,13-/m1/s1. The minimum atomic E-state index is -0.432. The number of aryl methyl sites for hydroxylation is 1. The monoisotopic (exact) mass is 320 g/mol. The van der Waals surface area contributed by atoms with Crippen LogP contribution in [-0.2, 0) is 4.79 Å². The van der Waals surface area contributed by atoms with Crippen molar-refractivity contribution < 1.29 is 14.5 Å². The predicted octanol–water partition coefficient (Wildman–Crippen LogP) is 3.38. The molecule has 0 unspecified atom stereocenters. The van der Waals surface area contributed by atoms with E-state index in [2.05, 4.69) is 13.8 Å². The maximum absolute atomic E-state index is 12.5. The summed E-state index contributed by atoms with van der Waals surface area (Å²) in [7, 11) is 0. The van der Waals surface area contributed by atoms with E-state index in [-0.39, 0.29) is 30.3 Å². The van der Waals surface area contributed by atoms with Gasteiger partial charge in [-0.15, -0.1) is 0 Å². The van der Waals surface area contributed by atoms with Gasteiger partial charge in [0.25, 0.3) is 11.6 Å². The predicted molar refractivity (Wildman–Crippen MR) is 87.7 cm³/mol. The lowest BCUT2D eigenvalue weighted by Gasteiger charge is -2.39. The van der Waals surface area contributed by atoms with Crippen LogP contribution in [0.15, 0.2) is 12.1 Å². The van der Waals surface area contributed by atoms with Crippen LogP contribution in [0.3, 0.4) is 0 Å². The van der Waals surface area contributed by atoms with Crippen LogP contribution in [0.4, 0.5) is 5.69 Å². The summed E-state index contributed by atoms with van der Waals surface area (Å²) in [5.41, 5.74) is 1.26. The number of nitrogens with zero attached hydrogens (tertiary/aromatic N) is 2. The SMILES string of the molecule is Cc1ccc([N+](=O)[O-])c(C)c1OCC(=O)N1[C@H](C)CCC[C@H]1C. The second-order valence-electron chi connectivity index (χ2n) is 6.33. The fourth-order valence-corrected chi connectivity index (χ4v) is 3.36. The fraction of sp³-hybridized carbons (Fsp3) is 0.588. The smallest absolute Gasteiger partial charge is 0.276 e. The largest absolute Gasteiger partial charge is 0.483 e. The van der Waals surface area contributed by atoms with Gasteiger partial charge < -0.3 is 9.64 Å². The second-order valence-corrected chi connectivity index (χ2v) is 6.33. The van der Waals surface area contributed by atoms with E-state index in [0.717, 1.165) is 24.8 Å². The number of ether oxygens (including phenoxy) is 1. The van der Waals surface area contributed by atoms with Gasteiger partial charge in [-0.2, -0.15) is 0 Å². The highest BCUT2D eigenvalue weighted by Gasteiger charge is 2.29. The Morgan fingerprint density at radius 3 is 2.48 bits per heavy atom. The molecule has 0 bridgehead atoms. The Morgan fingerprint density at radius 1 is 1.30 bits per heavy atom. The number of nitro benzene ring substituents is 1. The van der Waals surface area contributed by atoms with Crippen LogP contribution in [0.1, 0.15) is 44.2 Å². The molecule has 1 heterocycles. The van der Waals surface area contributed by atoms with Gasteiger partial charge in [-0.25, -0.2) is 0 Å². The van der Waals surface area contributed by atoms with Gasteiger partial charge in [-0.1, -0.05) is 0 Å². The van der Waals surface area contributed by atoms with Gasteiger partial charge in [-0.3, -0.25) is 14.9 Å². The molecule has 23 heavy (non-hydrogen) atoms. The summed E-state index contributed by atoms with van der Waals surface area (Å²) < 4.78 is 5.67. The highest BCUT2D eigenvalue weighted by atomic mass is 16.6. The van der Waals surface area contributed by atoms with Gasteiger partial charge in [0.1, 0.15) is 5.75 Å². The highest BCUT2D eigenvalue weighted by molar-refractivity contribution is 5.78. The van der Waals surface area contributed by atoms with Crippen molar-refractivity contribution in [1.82, 2.24) is 4.90 Å².